The van der Waals surface area contributed by atoms with Crippen LogP contribution in [0.15, 0.2) is 0 Å². The van der Waals surface area contributed by atoms with Gasteiger partial charge in [0.05, 0.1) is 6.61 Å². The summed E-state index contributed by atoms with van der Waals surface area (Å²) < 4.78 is 37.6. The number of halogens is 3. The van der Waals surface area contributed by atoms with Crippen molar-refractivity contribution in [3.63, 3.8) is 0 Å². The third-order valence-corrected chi connectivity index (χ3v) is 2.59. The fourth-order valence-electron chi connectivity index (χ4n) is 1.27. The SMILES string of the molecule is CCC(C)C(CO)(C(=O)O)C(F)(F)F. The lowest BCUT2D eigenvalue weighted by molar-refractivity contribution is -0.254. The zero-order chi connectivity index (χ0) is 11.6. The number of carboxylic acid groups (broad SMARTS) is 1. The van der Waals surface area contributed by atoms with Crippen LogP contribution in [0.4, 0.5) is 13.2 Å². The summed E-state index contributed by atoms with van der Waals surface area (Å²) in [4.78, 5) is 10.6. The Hall–Kier alpha value is -0.780. The zero-order valence-corrected chi connectivity index (χ0v) is 7.93. The van der Waals surface area contributed by atoms with Gasteiger partial charge >= 0.3 is 12.1 Å². The number of aliphatic hydroxyl groups excluding tert-OH is 1. The lowest BCUT2D eigenvalue weighted by atomic mass is 9.75. The molecule has 2 N–H and O–H groups in total. The summed E-state index contributed by atoms with van der Waals surface area (Å²) in [6.07, 6.45) is -4.91. The Morgan fingerprint density at radius 2 is 1.86 bits per heavy atom. The molecule has 2 unspecified atom stereocenters. The van der Waals surface area contributed by atoms with Crippen molar-refractivity contribution in [1.82, 2.24) is 0 Å². The molecule has 0 aromatic heterocycles. The highest BCUT2D eigenvalue weighted by Gasteiger charge is 2.63. The van der Waals surface area contributed by atoms with Crippen LogP contribution in [0.1, 0.15) is 20.3 Å². The Labute approximate surface area is 79.5 Å². The van der Waals surface area contributed by atoms with Crippen molar-refractivity contribution in [2.24, 2.45) is 11.3 Å². The fourth-order valence-corrected chi connectivity index (χ4v) is 1.27. The third kappa shape index (κ3) is 1.84. The molecule has 0 amide bonds. The van der Waals surface area contributed by atoms with E-state index in [0.717, 1.165) is 6.92 Å². The van der Waals surface area contributed by atoms with E-state index in [1.165, 1.54) is 6.92 Å². The van der Waals surface area contributed by atoms with Gasteiger partial charge in [0.1, 0.15) is 0 Å². The van der Waals surface area contributed by atoms with Gasteiger partial charge in [-0.1, -0.05) is 20.3 Å². The Morgan fingerprint density at radius 3 is 1.93 bits per heavy atom. The number of carboxylic acids is 1. The molecule has 14 heavy (non-hydrogen) atoms. The highest BCUT2D eigenvalue weighted by Crippen LogP contribution is 2.45. The van der Waals surface area contributed by atoms with Crippen LogP contribution in [0.3, 0.4) is 0 Å². The van der Waals surface area contributed by atoms with E-state index < -0.39 is 30.1 Å². The number of aliphatic hydroxyl groups is 1. The third-order valence-electron chi connectivity index (χ3n) is 2.59. The number of alkyl halides is 3. The van der Waals surface area contributed by atoms with Gasteiger partial charge in [-0.2, -0.15) is 13.2 Å². The molecule has 0 heterocycles. The number of rotatable bonds is 4. The van der Waals surface area contributed by atoms with Crippen molar-refractivity contribution in [1.29, 1.82) is 0 Å². The molecule has 0 radical (unpaired) electrons. The fraction of sp³-hybridized carbons (Fsp3) is 0.875. The Kier molecular flexibility index (Phi) is 3.93. The molecule has 0 fully saturated rings. The van der Waals surface area contributed by atoms with Crippen LogP contribution in [0, 0.1) is 11.3 Å². The first-order chi connectivity index (χ1) is 6.24. The molecular weight excluding hydrogens is 201 g/mol. The summed E-state index contributed by atoms with van der Waals surface area (Å²) in [5, 5.41) is 17.3. The first-order valence-electron chi connectivity index (χ1n) is 4.15. The Balaban J connectivity index is 5.31. The van der Waals surface area contributed by atoms with Gasteiger partial charge < -0.3 is 10.2 Å². The lowest BCUT2D eigenvalue weighted by Crippen LogP contribution is -2.52. The lowest BCUT2D eigenvalue weighted by Gasteiger charge is -2.34. The minimum absolute atomic E-state index is 0.0341. The maximum atomic E-state index is 12.5. The molecule has 0 saturated heterocycles. The predicted molar refractivity (Wildman–Crippen MR) is 42.7 cm³/mol. The predicted octanol–water partition coefficient (Wildman–Crippen LogP) is 1.66. The van der Waals surface area contributed by atoms with Gasteiger partial charge in [0.2, 0.25) is 0 Å². The van der Waals surface area contributed by atoms with Crippen molar-refractivity contribution in [2.45, 2.75) is 26.4 Å². The van der Waals surface area contributed by atoms with Crippen LogP contribution in [-0.4, -0.2) is 29.0 Å². The molecule has 3 nitrogen and oxygen atoms in total. The molecule has 0 rings (SSSR count). The standard InChI is InChI=1S/C8H13F3O3/c1-3-5(2)7(4-12,6(13)14)8(9,10)11/h5,12H,3-4H2,1-2H3,(H,13,14). The molecule has 0 bridgehead atoms. The second-order valence-electron chi connectivity index (χ2n) is 3.24. The number of aliphatic carboxylic acids is 1. The molecule has 0 saturated carbocycles. The molecule has 0 spiro atoms. The van der Waals surface area contributed by atoms with Gasteiger partial charge in [-0.15, -0.1) is 0 Å². The van der Waals surface area contributed by atoms with Gasteiger partial charge in [0, 0.05) is 0 Å². The second kappa shape index (κ2) is 4.16. The summed E-state index contributed by atoms with van der Waals surface area (Å²) in [6.45, 7) is 1.18. The van der Waals surface area contributed by atoms with Crippen LogP contribution >= 0.6 is 0 Å². The highest BCUT2D eigenvalue weighted by atomic mass is 19.4. The van der Waals surface area contributed by atoms with E-state index in [2.05, 4.69) is 0 Å². The topological polar surface area (TPSA) is 57.5 Å². The quantitative estimate of drug-likeness (QED) is 0.748. The maximum absolute atomic E-state index is 12.5. The van der Waals surface area contributed by atoms with Gasteiger partial charge in [0.25, 0.3) is 0 Å². The van der Waals surface area contributed by atoms with Gasteiger partial charge in [-0.25, -0.2) is 0 Å². The molecule has 0 aromatic rings. The van der Waals surface area contributed by atoms with Crippen LogP contribution in [0.25, 0.3) is 0 Å². The van der Waals surface area contributed by atoms with Crippen molar-refractivity contribution < 1.29 is 28.2 Å². The average molecular weight is 214 g/mol. The smallest absolute Gasteiger partial charge is 0.407 e. The summed E-state index contributed by atoms with van der Waals surface area (Å²) in [5.74, 6) is -3.19. The van der Waals surface area contributed by atoms with Gasteiger partial charge in [-0.05, 0) is 5.92 Å². The largest absolute Gasteiger partial charge is 0.481 e. The molecule has 2 atom stereocenters. The Bertz CT molecular complexity index is 214. The normalized spacial score (nSPS) is 18.7. The number of carbonyl (C=O) groups is 1. The average Bonchev–Trinajstić information content (AvgIpc) is 2.02. The molecule has 0 aliphatic heterocycles. The van der Waals surface area contributed by atoms with Crippen molar-refractivity contribution >= 4 is 5.97 Å². The van der Waals surface area contributed by atoms with Crippen LogP contribution in [0.5, 0.6) is 0 Å². The molecule has 0 aliphatic rings. The van der Waals surface area contributed by atoms with E-state index >= 15 is 0 Å². The minimum atomic E-state index is -4.94. The van der Waals surface area contributed by atoms with E-state index in [-0.39, 0.29) is 6.42 Å². The van der Waals surface area contributed by atoms with Crippen molar-refractivity contribution in [2.75, 3.05) is 6.61 Å². The molecule has 0 aromatic carbocycles. The second-order valence-corrected chi connectivity index (χ2v) is 3.24. The minimum Gasteiger partial charge on any atom is -0.481 e. The van der Waals surface area contributed by atoms with E-state index in [1.807, 2.05) is 0 Å². The van der Waals surface area contributed by atoms with E-state index in [1.54, 1.807) is 0 Å². The number of hydrogen-bond acceptors (Lipinski definition) is 2. The first kappa shape index (κ1) is 13.2. The van der Waals surface area contributed by atoms with E-state index in [9.17, 15) is 18.0 Å². The van der Waals surface area contributed by atoms with Crippen LogP contribution in [-0.2, 0) is 4.79 Å². The van der Waals surface area contributed by atoms with Crippen molar-refractivity contribution in [3.05, 3.63) is 0 Å². The maximum Gasteiger partial charge on any atom is 0.407 e. The monoisotopic (exact) mass is 214 g/mol. The molecule has 84 valence electrons. The molecule has 0 aliphatic carbocycles. The summed E-state index contributed by atoms with van der Waals surface area (Å²) >= 11 is 0. The van der Waals surface area contributed by atoms with Crippen molar-refractivity contribution in [3.8, 4) is 0 Å². The summed E-state index contributed by atoms with van der Waals surface area (Å²) in [5.41, 5.74) is -3.04. The van der Waals surface area contributed by atoms with Gasteiger partial charge in [0.15, 0.2) is 5.41 Å². The van der Waals surface area contributed by atoms with Gasteiger partial charge in [-0.3, -0.25) is 4.79 Å². The Morgan fingerprint density at radius 1 is 1.43 bits per heavy atom. The first-order valence-corrected chi connectivity index (χ1v) is 4.15. The molecule has 6 heteroatoms. The van der Waals surface area contributed by atoms with E-state index in [0.29, 0.717) is 0 Å². The van der Waals surface area contributed by atoms with Crippen LogP contribution < -0.4 is 0 Å². The number of hydrogen-bond donors (Lipinski definition) is 2. The summed E-state index contributed by atoms with van der Waals surface area (Å²) in [7, 11) is 0. The highest BCUT2D eigenvalue weighted by molar-refractivity contribution is 5.76. The summed E-state index contributed by atoms with van der Waals surface area (Å²) in [6, 6.07) is 0. The van der Waals surface area contributed by atoms with E-state index in [4.69, 9.17) is 10.2 Å². The van der Waals surface area contributed by atoms with Crippen LogP contribution in [0.2, 0.25) is 0 Å². The zero-order valence-electron chi connectivity index (χ0n) is 7.93. The molecular formula is C8H13F3O3.